The van der Waals surface area contributed by atoms with Crippen molar-refractivity contribution in [1.29, 1.82) is 0 Å². The molecule has 0 spiro atoms. The van der Waals surface area contributed by atoms with Gasteiger partial charge in [-0.3, -0.25) is 9.78 Å². The molecular weight excluding hydrogens is 272 g/mol. The summed E-state index contributed by atoms with van der Waals surface area (Å²) in [5.41, 5.74) is 1.95. The van der Waals surface area contributed by atoms with E-state index in [2.05, 4.69) is 24.1 Å². The minimum absolute atomic E-state index is 0.0682. The minimum atomic E-state index is -0.127. The Kier molecular flexibility index (Phi) is 5.70. The van der Waals surface area contributed by atoms with Crippen molar-refractivity contribution in [2.75, 3.05) is 0 Å². The third-order valence-electron chi connectivity index (χ3n) is 4.14. The van der Waals surface area contributed by atoms with Crippen LogP contribution in [-0.2, 0) is 4.79 Å². The molecule has 3 unspecified atom stereocenters. The quantitative estimate of drug-likeness (QED) is 0.872. The van der Waals surface area contributed by atoms with E-state index < -0.39 is 0 Å². The number of rotatable bonds is 6. The van der Waals surface area contributed by atoms with Crippen LogP contribution in [0.2, 0.25) is 0 Å². The lowest BCUT2D eigenvalue weighted by Crippen LogP contribution is -2.34. The van der Waals surface area contributed by atoms with Gasteiger partial charge in [-0.2, -0.15) is 0 Å². The van der Waals surface area contributed by atoms with Crippen molar-refractivity contribution in [3.63, 3.8) is 0 Å². The Bertz CT molecular complexity index is 583. The van der Waals surface area contributed by atoms with Gasteiger partial charge in [0.15, 0.2) is 0 Å². The molecular formula is C19H24N2O. The van der Waals surface area contributed by atoms with Crippen LogP contribution >= 0.6 is 0 Å². The Labute approximate surface area is 132 Å². The predicted octanol–water partition coefficient (Wildman–Crippen LogP) is 4.09. The van der Waals surface area contributed by atoms with Crippen molar-refractivity contribution in [2.45, 2.75) is 39.2 Å². The molecule has 2 rings (SSSR count). The van der Waals surface area contributed by atoms with Gasteiger partial charge >= 0.3 is 0 Å². The first-order chi connectivity index (χ1) is 10.6. The van der Waals surface area contributed by atoms with Gasteiger partial charge in [0.05, 0.1) is 17.7 Å². The van der Waals surface area contributed by atoms with Gasteiger partial charge in [-0.25, -0.2) is 0 Å². The number of carbonyl (C=O) groups is 1. The molecule has 1 N–H and O–H groups in total. The van der Waals surface area contributed by atoms with E-state index in [1.54, 1.807) is 6.20 Å². The van der Waals surface area contributed by atoms with Crippen LogP contribution in [0.5, 0.6) is 0 Å². The normalized spacial score (nSPS) is 14.9. The van der Waals surface area contributed by atoms with Gasteiger partial charge < -0.3 is 5.32 Å². The number of hydrogen-bond donors (Lipinski definition) is 1. The Morgan fingerprint density at radius 2 is 1.77 bits per heavy atom. The highest BCUT2D eigenvalue weighted by molar-refractivity contribution is 5.84. The zero-order chi connectivity index (χ0) is 15.9. The molecule has 0 aliphatic rings. The van der Waals surface area contributed by atoms with Crippen LogP contribution in [0.4, 0.5) is 0 Å². The molecule has 2 aromatic rings. The maximum atomic E-state index is 12.8. The van der Waals surface area contributed by atoms with Crippen LogP contribution in [0.1, 0.15) is 50.4 Å². The Morgan fingerprint density at radius 1 is 1.09 bits per heavy atom. The van der Waals surface area contributed by atoms with Crippen molar-refractivity contribution in [1.82, 2.24) is 10.3 Å². The molecule has 0 bridgehead atoms. The summed E-state index contributed by atoms with van der Waals surface area (Å²) in [6.45, 7) is 6.22. The van der Waals surface area contributed by atoms with E-state index in [9.17, 15) is 4.79 Å². The van der Waals surface area contributed by atoms with E-state index in [0.29, 0.717) is 5.92 Å². The average Bonchev–Trinajstić information content (AvgIpc) is 2.56. The molecule has 0 saturated heterocycles. The Hall–Kier alpha value is -2.16. The lowest BCUT2D eigenvalue weighted by molar-refractivity contribution is -0.124. The van der Waals surface area contributed by atoms with Gasteiger partial charge in [0.2, 0.25) is 5.91 Å². The van der Waals surface area contributed by atoms with Gasteiger partial charge in [0.1, 0.15) is 0 Å². The molecule has 0 aliphatic carbocycles. The number of benzene rings is 1. The molecule has 116 valence electrons. The summed E-state index contributed by atoms with van der Waals surface area (Å²) in [6.07, 6.45) is 2.71. The van der Waals surface area contributed by atoms with Crippen molar-refractivity contribution in [3.05, 3.63) is 66.0 Å². The van der Waals surface area contributed by atoms with Crippen LogP contribution in [0.15, 0.2) is 54.7 Å². The average molecular weight is 296 g/mol. The third kappa shape index (κ3) is 3.94. The highest BCUT2D eigenvalue weighted by atomic mass is 16.2. The topological polar surface area (TPSA) is 42.0 Å². The van der Waals surface area contributed by atoms with Crippen LogP contribution in [0.25, 0.3) is 0 Å². The number of hydrogen-bond acceptors (Lipinski definition) is 2. The maximum absolute atomic E-state index is 12.8. The van der Waals surface area contributed by atoms with Gasteiger partial charge in [0.25, 0.3) is 0 Å². The molecule has 1 amide bonds. The van der Waals surface area contributed by atoms with Gasteiger partial charge in [0, 0.05) is 6.20 Å². The number of pyridine rings is 1. The molecule has 1 aromatic heterocycles. The van der Waals surface area contributed by atoms with E-state index >= 15 is 0 Å². The Morgan fingerprint density at radius 3 is 2.36 bits per heavy atom. The van der Waals surface area contributed by atoms with Gasteiger partial charge in [-0.05, 0) is 30.5 Å². The van der Waals surface area contributed by atoms with Crippen LogP contribution in [-0.4, -0.2) is 10.9 Å². The van der Waals surface area contributed by atoms with E-state index in [1.165, 1.54) is 0 Å². The monoisotopic (exact) mass is 296 g/mol. The van der Waals surface area contributed by atoms with Gasteiger partial charge in [-0.1, -0.05) is 56.7 Å². The minimum Gasteiger partial charge on any atom is -0.347 e. The Balaban J connectivity index is 2.16. The summed E-state index contributed by atoms with van der Waals surface area (Å²) in [7, 11) is 0. The molecule has 0 fully saturated rings. The molecule has 0 aliphatic heterocycles. The van der Waals surface area contributed by atoms with E-state index in [1.807, 2.05) is 55.5 Å². The van der Waals surface area contributed by atoms with Crippen molar-refractivity contribution >= 4 is 5.91 Å². The molecule has 0 radical (unpaired) electrons. The number of nitrogens with one attached hydrogen (secondary N) is 1. The first-order valence-corrected chi connectivity index (χ1v) is 7.89. The smallest absolute Gasteiger partial charge is 0.228 e. The standard InChI is InChI=1S/C19H24N2O/c1-4-14(2)18(16-10-6-5-7-11-16)19(22)21-15(3)17-12-8-9-13-20-17/h5-15,18H,4H2,1-3H3,(H,21,22). The van der Waals surface area contributed by atoms with E-state index in [-0.39, 0.29) is 17.9 Å². The highest BCUT2D eigenvalue weighted by Crippen LogP contribution is 2.28. The second-order valence-corrected chi connectivity index (χ2v) is 5.76. The fraction of sp³-hybridized carbons (Fsp3) is 0.368. The van der Waals surface area contributed by atoms with E-state index in [0.717, 1.165) is 17.7 Å². The fourth-order valence-corrected chi connectivity index (χ4v) is 2.64. The summed E-state index contributed by atoms with van der Waals surface area (Å²) in [6, 6.07) is 15.7. The van der Waals surface area contributed by atoms with Crippen molar-refractivity contribution < 1.29 is 4.79 Å². The molecule has 1 aromatic carbocycles. The first-order valence-electron chi connectivity index (χ1n) is 7.89. The number of aromatic nitrogens is 1. The second-order valence-electron chi connectivity index (χ2n) is 5.76. The lowest BCUT2D eigenvalue weighted by atomic mass is 9.84. The molecule has 0 saturated carbocycles. The molecule has 22 heavy (non-hydrogen) atoms. The molecule has 3 atom stereocenters. The summed E-state index contributed by atoms with van der Waals surface area (Å²) in [4.78, 5) is 17.1. The van der Waals surface area contributed by atoms with Crippen molar-refractivity contribution in [3.8, 4) is 0 Å². The van der Waals surface area contributed by atoms with Crippen LogP contribution in [0, 0.1) is 5.92 Å². The van der Waals surface area contributed by atoms with Crippen LogP contribution < -0.4 is 5.32 Å². The second kappa shape index (κ2) is 7.74. The highest BCUT2D eigenvalue weighted by Gasteiger charge is 2.27. The third-order valence-corrected chi connectivity index (χ3v) is 4.14. The fourth-order valence-electron chi connectivity index (χ4n) is 2.64. The first kappa shape index (κ1) is 16.2. The SMILES string of the molecule is CCC(C)C(C(=O)NC(C)c1ccccn1)c1ccccc1. The van der Waals surface area contributed by atoms with E-state index in [4.69, 9.17) is 0 Å². The molecule has 1 heterocycles. The summed E-state index contributed by atoms with van der Waals surface area (Å²) < 4.78 is 0. The largest absolute Gasteiger partial charge is 0.347 e. The number of amides is 1. The van der Waals surface area contributed by atoms with Crippen LogP contribution in [0.3, 0.4) is 0 Å². The number of carbonyl (C=O) groups excluding carboxylic acids is 1. The predicted molar refractivity (Wildman–Crippen MR) is 89.4 cm³/mol. The zero-order valence-corrected chi connectivity index (χ0v) is 13.5. The zero-order valence-electron chi connectivity index (χ0n) is 13.5. The summed E-state index contributed by atoms with van der Waals surface area (Å²) in [5.74, 6) is 0.231. The summed E-state index contributed by atoms with van der Waals surface area (Å²) in [5, 5.41) is 3.11. The molecule has 3 heteroatoms. The van der Waals surface area contributed by atoms with Crippen molar-refractivity contribution in [2.24, 2.45) is 5.92 Å². The van der Waals surface area contributed by atoms with Gasteiger partial charge in [-0.15, -0.1) is 0 Å². The molecule has 3 nitrogen and oxygen atoms in total. The lowest BCUT2D eigenvalue weighted by Gasteiger charge is -2.24. The maximum Gasteiger partial charge on any atom is 0.228 e. The summed E-state index contributed by atoms with van der Waals surface area (Å²) >= 11 is 0. The number of nitrogens with zero attached hydrogens (tertiary/aromatic N) is 1.